The summed E-state index contributed by atoms with van der Waals surface area (Å²) in [5.41, 5.74) is 5.60. The van der Waals surface area contributed by atoms with Gasteiger partial charge < -0.3 is 9.09 Å². The molecular formula is C35H28NO6P. The molecule has 0 fully saturated rings. The summed E-state index contributed by atoms with van der Waals surface area (Å²) < 4.78 is 33.8. The van der Waals surface area contributed by atoms with Crippen molar-refractivity contribution in [2.45, 2.75) is 32.6 Å². The fourth-order valence-electron chi connectivity index (χ4n) is 5.98. The number of phosphoric acid groups is 1. The van der Waals surface area contributed by atoms with Crippen molar-refractivity contribution in [2.24, 2.45) is 0 Å². The zero-order valence-electron chi connectivity index (χ0n) is 23.4. The van der Waals surface area contributed by atoms with Gasteiger partial charge in [0.15, 0.2) is 11.6 Å². The number of benzene rings is 4. The van der Waals surface area contributed by atoms with Crippen LogP contribution in [0, 0.1) is 0 Å². The molecule has 8 heteroatoms. The quantitative estimate of drug-likeness (QED) is 0.169. The van der Waals surface area contributed by atoms with Crippen molar-refractivity contribution in [1.29, 1.82) is 0 Å². The minimum absolute atomic E-state index is 0.0187. The molecule has 0 radical (unpaired) electrons. The van der Waals surface area contributed by atoms with Gasteiger partial charge in [0.1, 0.15) is 5.75 Å². The first-order valence-electron chi connectivity index (χ1n) is 14.1. The zero-order chi connectivity index (χ0) is 29.6. The third-order valence-electron chi connectivity index (χ3n) is 8.04. The molecule has 1 aliphatic heterocycles. The van der Waals surface area contributed by atoms with E-state index in [2.05, 4.69) is 12.1 Å². The second-order valence-electron chi connectivity index (χ2n) is 10.7. The number of carbonyl (C=O) groups excluding carboxylic acids is 2. The monoisotopic (exact) mass is 589 g/mol. The zero-order valence-corrected chi connectivity index (χ0v) is 24.3. The Morgan fingerprint density at radius 3 is 2.02 bits per heavy atom. The first-order valence-corrected chi connectivity index (χ1v) is 15.6. The van der Waals surface area contributed by atoms with E-state index in [0.717, 1.165) is 27.9 Å². The van der Waals surface area contributed by atoms with E-state index < -0.39 is 7.82 Å². The molecule has 7 nitrogen and oxygen atoms in total. The molecule has 1 aromatic heterocycles. The van der Waals surface area contributed by atoms with E-state index in [-0.39, 0.29) is 47.6 Å². The number of aromatic nitrogens is 1. The molecule has 214 valence electrons. The maximum atomic E-state index is 14.3. The molecule has 0 N–H and O–H groups in total. The number of hydrogen-bond donors (Lipinski definition) is 0. The molecule has 1 atom stereocenters. The second-order valence-corrected chi connectivity index (χ2v) is 12.3. The SMILES string of the molecule is CC1c2ccccc2Cn2cc3c(c21)C(=O)c1c(OP(=O)(OCc2ccccc2)OCc2ccccc2)cccc1C3=O. The summed E-state index contributed by atoms with van der Waals surface area (Å²) in [6, 6.07) is 31.3. The molecule has 0 saturated carbocycles. The third-order valence-corrected chi connectivity index (χ3v) is 9.35. The summed E-state index contributed by atoms with van der Waals surface area (Å²) in [4.78, 5) is 28.1. The molecule has 43 heavy (non-hydrogen) atoms. The molecule has 2 aliphatic rings. The molecule has 5 aromatic rings. The topological polar surface area (TPSA) is 83.8 Å². The first kappa shape index (κ1) is 27.3. The van der Waals surface area contributed by atoms with Crippen LogP contribution in [0.5, 0.6) is 5.75 Å². The highest BCUT2D eigenvalue weighted by atomic mass is 31.2. The van der Waals surface area contributed by atoms with Crippen molar-refractivity contribution in [3.63, 3.8) is 0 Å². The van der Waals surface area contributed by atoms with Crippen LogP contribution in [0.2, 0.25) is 0 Å². The lowest BCUT2D eigenvalue weighted by Crippen LogP contribution is -2.23. The Kier molecular flexibility index (Phi) is 6.94. The average Bonchev–Trinajstić information content (AvgIpc) is 3.43. The van der Waals surface area contributed by atoms with Gasteiger partial charge in [-0.05, 0) is 28.3 Å². The Balaban J connectivity index is 1.25. The van der Waals surface area contributed by atoms with E-state index in [4.69, 9.17) is 13.6 Å². The normalized spacial score (nSPS) is 15.3. The summed E-state index contributed by atoms with van der Waals surface area (Å²) in [7, 11) is -4.28. The average molecular weight is 590 g/mol. The van der Waals surface area contributed by atoms with Gasteiger partial charge in [0, 0.05) is 29.9 Å². The molecule has 4 aromatic carbocycles. The number of carbonyl (C=O) groups is 2. The van der Waals surface area contributed by atoms with Crippen molar-refractivity contribution >= 4 is 19.4 Å². The molecule has 0 spiro atoms. The molecular weight excluding hydrogens is 561 g/mol. The van der Waals surface area contributed by atoms with Gasteiger partial charge in [-0.15, -0.1) is 0 Å². The number of rotatable bonds is 8. The van der Waals surface area contributed by atoms with Crippen molar-refractivity contribution in [3.8, 4) is 5.75 Å². The van der Waals surface area contributed by atoms with Crippen LogP contribution in [0.3, 0.4) is 0 Å². The van der Waals surface area contributed by atoms with Crippen molar-refractivity contribution in [2.75, 3.05) is 0 Å². The largest absolute Gasteiger partial charge is 0.530 e. The smallest absolute Gasteiger partial charge is 0.403 e. The fourth-order valence-corrected chi connectivity index (χ4v) is 7.16. The lowest BCUT2D eigenvalue weighted by molar-refractivity contribution is 0.0975. The Morgan fingerprint density at radius 1 is 0.721 bits per heavy atom. The highest BCUT2D eigenvalue weighted by Gasteiger charge is 2.41. The van der Waals surface area contributed by atoms with Crippen LogP contribution in [0.1, 0.15) is 72.6 Å². The lowest BCUT2D eigenvalue weighted by atomic mass is 9.81. The van der Waals surface area contributed by atoms with E-state index in [1.165, 1.54) is 6.07 Å². The summed E-state index contributed by atoms with van der Waals surface area (Å²) in [5.74, 6) is -0.749. The lowest BCUT2D eigenvalue weighted by Gasteiger charge is -2.27. The number of ketones is 2. The van der Waals surface area contributed by atoms with Crippen molar-refractivity contribution in [1.82, 2.24) is 4.57 Å². The van der Waals surface area contributed by atoms with Crippen LogP contribution in [0.25, 0.3) is 0 Å². The van der Waals surface area contributed by atoms with E-state index in [9.17, 15) is 14.2 Å². The molecule has 0 saturated heterocycles. The van der Waals surface area contributed by atoms with Crippen LogP contribution in [-0.4, -0.2) is 16.1 Å². The highest BCUT2D eigenvalue weighted by Crippen LogP contribution is 2.53. The number of hydrogen-bond acceptors (Lipinski definition) is 6. The molecule has 1 unspecified atom stereocenters. The molecule has 7 rings (SSSR count). The second kappa shape index (κ2) is 10.9. The standard InChI is InChI=1S/C35H28NO6P/c1-23-27-16-9-8-15-26(27)19-36-20-29-32(33(23)36)35(38)31-28(34(29)37)17-10-18-30(31)42-43(39,40-21-24-11-4-2-5-12-24)41-22-25-13-6-3-7-14-25/h2-18,20,23H,19,21-22H2,1H3. The van der Waals surface area contributed by atoms with Gasteiger partial charge in [0.05, 0.1) is 29.9 Å². The van der Waals surface area contributed by atoms with Gasteiger partial charge in [-0.1, -0.05) is 104 Å². The van der Waals surface area contributed by atoms with E-state index in [1.54, 1.807) is 18.3 Å². The number of nitrogens with zero attached hydrogens (tertiary/aromatic N) is 1. The highest BCUT2D eigenvalue weighted by molar-refractivity contribution is 7.48. The predicted octanol–water partition coefficient (Wildman–Crippen LogP) is 7.70. The summed E-state index contributed by atoms with van der Waals surface area (Å²) in [5, 5.41) is 0. The molecule has 2 heterocycles. The van der Waals surface area contributed by atoms with Crippen molar-refractivity contribution < 1.29 is 27.7 Å². The maximum absolute atomic E-state index is 14.3. The Hall–Kier alpha value is -4.55. The van der Waals surface area contributed by atoms with E-state index in [0.29, 0.717) is 17.7 Å². The Labute approximate surface area is 249 Å². The van der Waals surface area contributed by atoms with Gasteiger partial charge in [-0.3, -0.25) is 18.6 Å². The minimum Gasteiger partial charge on any atom is -0.403 e. The fraction of sp³-hybridized carbons (Fsp3) is 0.143. The maximum Gasteiger partial charge on any atom is 0.530 e. The van der Waals surface area contributed by atoms with Crippen LogP contribution < -0.4 is 4.52 Å². The minimum atomic E-state index is -4.28. The summed E-state index contributed by atoms with van der Waals surface area (Å²) in [6.07, 6.45) is 1.78. The molecule has 1 aliphatic carbocycles. The van der Waals surface area contributed by atoms with Gasteiger partial charge in [-0.2, -0.15) is 0 Å². The van der Waals surface area contributed by atoms with Crippen LogP contribution in [0.15, 0.2) is 109 Å². The van der Waals surface area contributed by atoms with Crippen molar-refractivity contribution in [3.05, 3.63) is 160 Å². The van der Waals surface area contributed by atoms with Crippen LogP contribution in [-0.2, 0) is 33.4 Å². The van der Waals surface area contributed by atoms with Gasteiger partial charge in [0.2, 0.25) is 0 Å². The number of fused-ring (bicyclic) bond motifs is 5. The van der Waals surface area contributed by atoms with Crippen LogP contribution in [0.4, 0.5) is 0 Å². The summed E-state index contributed by atoms with van der Waals surface area (Å²) in [6.45, 7) is 2.54. The Bertz CT molecular complexity index is 1870. The summed E-state index contributed by atoms with van der Waals surface area (Å²) >= 11 is 0. The predicted molar refractivity (Wildman–Crippen MR) is 161 cm³/mol. The molecule has 0 bridgehead atoms. The van der Waals surface area contributed by atoms with Gasteiger partial charge in [-0.25, -0.2) is 4.57 Å². The van der Waals surface area contributed by atoms with Crippen LogP contribution >= 0.6 is 7.82 Å². The van der Waals surface area contributed by atoms with E-state index in [1.807, 2.05) is 84.3 Å². The molecule has 0 amide bonds. The third kappa shape index (κ3) is 4.96. The van der Waals surface area contributed by atoms with Gasteiger partial charge >= 0.3 is 7.82 Å². The Morgan fingerprint density at radius 2 is 1.35 bits per heavy atom. The van der Waals surface area contributed by atoms with Gasteiger partial charge in [0.25, 0.3) is 0 Å². The number of phosphoric ester groups is 1. The van der Waals surface area contributed by atoms with E-state index >= 15 is 0 Å². The first-order chi connectivity index (χ1) is 20.9.